The average molecular weight is 534 g/mol. The van der Waals surface area contributed by atoms with Gasteiger partial charge >= 0.3 is 6.16 Å². The zero-order chi connectivity index (χ0) is 24.8. The largest absolute Gasteiger partial charge is 0.506 e. The van der Waals surface area contributed by atoms with E-state index in [0.717, 1.165) is 10.6 Å². The van der Waals surface area contributed by atoms with Crippen molar-refractivity contribution in [1.29, 1.82) is 0 Å². The second kappa shape index (κ2) is 11.6. The van der Waals surface area contributed by atoms with Crippen LogP contribution in [0.3, 0.4) is 0 Å². The molecule has 1 amide bonds. The van der Waals surface area contributed by atoms with Crippen molar-refractivity contribution in [2.24, 2.45) is 0 Å². The molecule has 182 valence electrons. The number of carbonyl (C=O) groups excluding carboxylic acids is 1. The van der Waals surface area contributed by atoms with Crippen LogP contribution in [0.2, 0.25) is 10.0 Å². The number of ether oxygens (including phenoxy) is 3. The molecular weight excluding hydrogens is 513 g/mol. The van der Waals surface area contributed by atoms with Crippen LogP contribution in [0.15, 0.2) is 65.6 Å². The van der Waals surface area contributed by atoms with Gasteiger partial charge in [0.1, 0.15) is 23.4 Å². The lowest BCUT2D eigenvalue weighted by Gasteiger charge is -2.25. The van der Waals surface area contributed by atoms with E-state index in [-0.39, 0.29) is 10.9 Å². The van der Waals surface area contributed by atoms with Crippen molar-refractivity contribution in [3.63, 3.8) is 0 Å². The molecule has 3 aromatic carbocycles. The molecule has 1 aliphatic rings. The summed E-state index contributed by atoms with van der Waals surface area (Å²) in [4.78, 5) is 24.4. The molecule has 3 aromatic rings. The second-order valence-corrected chi connectivity index (χ2v) is 9.53. The molecule has 35 heavy (non-hydrogen) atoms. The molecule has 4 rings (SSSR count). The van der Waals surface area contributed by atoms with Crippen molar-refractivity contribution < 1.29 is 28.9 Å². The molecule has 0 bridgehead atoms. The summed E-state index contributed by atoms with van der Waals surface area (Å²) in [6, 6.07) is 17.4. The Balaban J connectivity index is 1.33. The van der Waals surface area contributed by atoms with Gasteiger partial charge in [0.25, 0.3) is 5.91 Å². The van der Waals surface area contributed by atoms with E-state index in [1.54, 1.807) is 48.2 Å². The summed E-state index contributed by atoms with van der Waals surface area (Å²) in [5, 5.41) is 12.8. The number of amides is 1. The van der Waals surface area contributed by atoms with Gasteiger partial charge in [-0.25, -0.2) is 4.79 Å². The Labute approximate surface area is 216 Å². The van der Waals surface area contributed by atoms with Crippen LogP contribution in [0, 0.1) is 0 Å². The van der Waals surface area contributed by atoms with E-state index in [4.69, 9.17) is 42.5 Å². The summed E-state index contributed by atoms with van der Waals surface area (Å²) in [6.45, 7) is 0.829. The van der Waals surface area contributed by atoms with Crippen LogP contribution in [-0.2, 0) is 4.74 Å². The highest BCUT2D eigenvalue weighted by atomic mass is 35.5. The van der Waals surface area contributed by atoms with Crippen molar-refractivity contribution in [1.82, 2.24) is 5.32 Å². The van der Waals surface area contributed by atoms with Crippen LogP contribution in [0.4, 0.5) is 4.79 Å². The number of carboxylic acid groups (broad SMARTS) is 1. The third-order valence-corrected chi connectivity index (χ3v) is 6.67. The van der Waals surface area contributed by atoms with Crippen LogP contribution in [0.1, 0.15) is 28.4 Å². The SMILES string of the molecule is O=C(O)OC1CCOc2cc(Oc3ccc(C(=O)NCCSc4ccc(Cl)cc4)cc3)c(Cl)cc21. The Morgan fingerprint density at radius 2 is 1.83 bits per heavy atom. The van der Waals surface area contributed by atoms with E-state index in [0.29, 0.717) is 53.0 Å². The van der Waals surface area contributed by atoms with Crippen molar-refractivity contribution in [2.45, 2.75) is 17.4 Å². The first-order valence-corrected chi connectivity index (χ1v) is 12.4. The molecule has 1 aliphatic heterocycles. The summed E-state index contributed by atoms with van der Waals surface area (Å²) in [7, 11) is 0. The van der Waals surface area contributed by atoms with Gasteiger partial charge in [-0.15, -0.1) is 11.8 Å². The Morgan fingerprint density at radius 3 is 2.54 bits per heavy atom. The molecule has 10 heteroatoms. The monoisotopic (exact) mass is 533 g/mol. The predicted octanol–water partition coefficient (Wildman–Crippen LogP) is 6.83. The first-order chi connectivity index (χ1) is 16.9. The molecule has 2 N–H and O–H groups in total. The summed E-state index contributed by atoms with van der Waals surface area (Å²) in [5.74, 6) is 1.83. The van der Waals surface area contributed by atoms with Gasteiger partial charge in [0, 0.05) is 45.8 Å². The first kappa shape index (κ1) is 25.0. The Bertz CT molecular complexity index is 1200. The number of fused-ring (bicyclic) bond motifs is 1. The predicted molar refractivity (Wildman–Crippen MR) is 134 cm³/mol. The Hall–Kier alpha value is -3.07. The average Bonchev–Trinajstić information content (AvgIpc) is 2.84. The van der Waals surface area contributed by atoms with Gasteiger partial charge in [-0.2, -0.15) is 0 Å². The number of halogens is 2. The number of hydrogen-bond acceptors (Lipinski definition) is 6. The highest BCUT2D eigenvalue weighted by molar-refractivity contribution is 7.99. The van der Waals surface area contributed by atoms with Crippen molar-refractivity contribution >= 4 is 47.0 Å². The van der Waals surface area contributed by atoms with E-state index in [2.05, 4.69) is 5.32 Å². The van der Waals surface area contributed by atoms with Gasteiger partial charge in [0.05, 0.1) is 11.6 Å². The number of carbonyl (C=O) groups is 2. The van der Waals surface area contributed by atoms with E-state index < -0.39 is 12.3 Å². The third kappa shape index (κ3) is 6.75. The maximum absolute atomic E-state index is 12.4. The molecule has 1 unspecified atom stereocenters. The molecule has 0 spiro atoms. The minimum atomic E-state index is -1.36. The van der Waals surface area contributed by atoms with Gasteiger partial charge in [-0.1, -0.05) is 23.2 Å². The van der Waals surface area contributed by atoms with E-state index >= 15 is 0 Å². The van der Waals surface area contributed by atoms with Gasteiger partial charge in [0.2, 0.25) is 0 Å². The summed E-state index contributed by atoms with van der Waals surface area (Å²) < 4.78 is 16.4. The minimum absolute atomic E-state index is 0.182. The fourth-order valence-electron chi connectivity index (χ4n) is 3.45. The van der Waals surface area contributed by atoms with Crippen LogP contribution < -0.4 is 14.8 Å². The number of hydrogen-bond donors (Lipinski definition) is 2. The zero-order valence-electron chi connectivity index (χ0n) is 18.3. The molecule has 1 heterocycles. The smallest absolute Gasteiger partial charge is 0.493 e. The minimum Gasteiger partial charge on any atom is -0.493 e. The van der Waals surface area contributed by atoms with Gasteiger partial charge in [0.15, 0.2) is 0 Å². The number of rotatable bonds is 8. The lowest BCUT2D eigenvalue weighted by atomic mass is 10.0. The highest BCUT2D eigenvalue weighted by Crippen LogP contribution is 2.42. The van der Waals surface area contributed by atoms with Crippen LogP contribution in [-0.4, -0.2) is 36.1 Å². The van der Waals surface area contributed by atoms with E-state index in [9.17, 15) is 9.59 Å². The lowest BCUT2D eigenvalue weighted by molar-refractivity contribution is 0.0326. The maximum Gasteiger partial charge on any atom is 0.506 e. The highest BCUT2D eigenvalue weighted by Gasteiger charge is 2.27. The second-order valence-electron chi connectivity index (χ2n) is 7.51. The standard InChI is InChI=1S/C25H21Cl2NO6S/c26-16-3-7-18(8-4-16)35-12-10-28-24(29)15-1-5-17(6-2-15)33-23-14-22-19(13-20(23)27)21(9-11-32-22)34-25(30)31/h1-8,13-14,21H,9-12H2,(H,28,29)(H,30,31). The van der Waals surface area contributed by atoms with Crippen LogP contribution in [0.25, 0.3) is 0 Å². The summed E-state index contributed by atoms with van der Waals surface area (Å²) >= 11 is 13.9. The molecular formula is C25H21Cl2NO6S. The van der Waals surface area contributed by atoms with Crippen LogP contribution in [0.5, 0.6) is 17.2 Å². The number of nitrogens with one attached hydrogen (secondary N) is 1. The summed E-state index contributed by atoms with van der Waals surface area (Å²) in [6.07, 6.45) is -1.60. The molecule has 0 radical (unpaired) electrons. The molecule has 0 fully saturated rings. The van der Waals surface area contributed by atoms with Gasteiger partial charge in [-0.05, 0) is 54.6 Å². The first-order valence-electron chi connectivity index (χ1n) is 10.7. The van der Waals surface area contributed by atoms with Gasteiger partial charge < -0.3 is 24.6 Å². The molecule has 7 nitrogen and oxygen atoms in total. The number of thioether (sulfide) groups is 1. The van der Waals surface area contributed by atoms with Crippen molar-refractivity contribution in [2.75, 3.05) is 18.9 Å². The fourth-order valence-corrected chi connectivity index (χ4v) is 4.55. The maximum atomic E-state index is 12.4. The van der Waals surface area contributed by atoms with Crippen molar-refractivity contribution in [3.8, 4) is 17.2 Å². The quantitative estimate of drug-likeness (QED) is 0.186. The Kier molecular flexibility index (Phi) is 8.28. The molecule has 0 saturated heterocycles. The zero-order valence-corrected chi connectivity index (χ0v) is 20.7. The molecule has 0 aromatic heterocycles. The van der Waals surface area contributed by atoms with Gasteiger partial charge in [-0.3, -0.25) is 4.79 Å². The van der Waals surface area contributed by atoms with E-state index in [1.165, 1.54) is 0 Å². The van der Waals surface area contributed by atoms with Crippen LogP contribution >= 0.6 is 35.0 Å². The lowest BCUT2D eigenvalue weighted by Crippen LogP contribution is -2.25. The topological polar surface area (TPSA) is 94.1 Å². The molecule has 1 atom stereocenters. The normalized spacial score (nSPS) is 14.4. The number of benzene rings is 3. The summed E-state index contributed by atoms with van der Waals surface area (Å²) in [5.41, 5.74) is 1.06. The third-order valence-electron chi connectivity index (χ3n) is 5.11. The Morgan fingerprint density at radius 1 is 1.09 bits per heavy atom. The molecule has 0 aliphatic carbocycles. The van der Waals surface area contributed by atoms with E-state index in [1.807, 2.05) is 24.3 Å². The van der Waals surface area contributed by atoms with Crippen molar-refractivity contribution in [3.05, 3.63) is 81.8 Å². The molecule has 0 saturated carbocycles. The fraction of sp³-hybridized carbons (Fsp3) is 0.200.